The SMILES string of the molecule is CNC(=O)C1(Cc2cccc(-c3cccc(F)c3)c2)CN(C(=O)c2ccccc2)CCO1. The number of ether oxygens (including phenoxy) is 1. The van der Waals surface area contributed by atoms with Gasteiger partial charge >= 0.3 is 0 Å². The molecule has 1 fully saturated rings. The van der Waals surface area contributed by atoms with Crippen LogP contribution in [-0.2, 0) is 16.0 Å². The predicted octanol–water partition coefficient (Wildman–Crippen LogP) is 3.69. The number of nitrogens with one attached hydrogen (secondary N) is 1. The fraction of sp³-hybridized carbons (Fsp3) is 0.231. The molecule has 0 bridgehead atoms. The number of hydrogen-bond acceptors (Lipinski definition) is 3. The Balaban J connectivity index is 1.62. The van der Waals surface area contributed by atoms with E-state index in [0.717, 1.165) is 16.7 Å². The standard InChI is InChI=1S/C26H25FN2O3/c1-28-25(31)26(18-29(13-14-32-26)24(30)20-8-3-2-4-9-20)17-19-7-5-10-21(15-19)22-11-6-12-23(27)16-22/h2-12,15-16H,13-14,17-18H2,1H3,(H,28,31). The third kappa shape index (κ3) is 4.55. The molecule has 0 radical (unpaired) electrons. The van der Waals surface area contributed by atoms with E-state index in [-0.39, 0.29) is 37.2 Å². The molecule has 0 aliphatic carbocycles. The van der Waals surface area contributed by atoms with Crippen LogP contribution in [0, 0.1) is 5.82 Å². The molecule has 1 unspecified atom stereocenters. The molecule has 1 saturated heterocycles. The average Bonchev–Trinajstić information content (AvgIpc) is 2.84. The highest BCUT2D eigenvalue weighted by atomic mass is 19.1. The highest BCUT2D eigenvalue weighted by Gasteiger charge is 2.44. The molecule has 3 aromatic rings. The van der Waals surface area contributed by atoms with Crippen LogP contribution in [-0.4, -0.2) is 49.1 Å². The molecule has 1 N–H and O–H groups in total. The Morgan fingerprint density at radius 2 is 1.72 bits per heavy atom. The molecule has 1 heterocycles. The summed E-state index contributed by atoms with van der Waals surface area (Å²) in [7, 11) is 1.56. The number of morpholine rings is 1. The van der Waals surface area contributed by atoms with E-state index in [2.05, 4.69) is 5.32 Å². The van der Waals surface area contributed by atoms with E-state index in [0.29, 0.717) is 12.1 Å². The summed E-state index contributed by atoms with van der Waals surface area (Å²) in [5.41, 5.74) is 1.84. The predicted molar refractivity (Wildman–Crippen MR) is 121 cm³/mol. The van der Waals surface area contributed by atoms with Crippen molar-refractivity contribution >= 4 is 11.8 Å². The largest absolute Gasteiger partial charge is 0.361 e. The second-order valence-corrected chi connectivity index (χ2v) is 7.90. The minimum atomic E-state index is -1.21. The first-order chi connectivity index (χ1) is 15.5. The third-order valence-corrected chi connectivity index (χ3v) is 5.71. The lowest BCUT2D eigenvalue weighted by Gasteiger charge is -2.41. The van der Waals surface area contributed by atoms with E-state index in [1.807, 2.05) is 48.5 Å². The first-order valence-corrected chi connectivity index (χ1v) is 10.6. The fourth-order valence-corrected chi connectivity index (χ4v) is 4.13. The van der Waals surface area contributed by atoms with Crippen LogP contribution in [0.5, 0.6) is 0 Å². The van der Waals surface area contributed by atoms with Crippen LogP contribution in [0.3, 0.4) is 0 Å². The Bertz CT molecular complexity index is 1120. The zero-order valence-corrected chi connectivity index (χ0v) is 17.9. The van der Waals surface area contributed by atoms with Gasteiger partial charge in [-0.3, -0.25) is 9.59 Å². The van der Waals surface area contributed by atoms with Crippen LogP contribution in [0.15, 0.2) is 78.9 Å². The van der Waals surface area contributed by atoms with Crippen molar-refractivity contribution in [3.63, 3.8) is 0 Å². The Morgan fingerprint density at radius 3 is 2.44 bits per heavy atom. The number of likely N-dealkylation sites (N-methyl/N-ethyl adjacent to an activating group) is 1. The maximum atomic E-state index is 13.7. The zero-order valence-electron chi connectivity index (χ0n) is 17.9. The van der Waals surface area contributed by atoms with Crippen LogP contribution < -0.4 is 5.32 Å². The van der Waals surface area contributed by atoms with Crippen molar-refractivity contribution in [3.05, 3.63) is 95.8 Å². The Hall–Kier alpha value is -3.51. The number of amides is 2. The Morgan fingerprint density at radius 1 is 1.00 bits per heavy atom. The van der Waals surface area contributed by atoms with Crippen molar-refractivity contribution in [3.8, 4) is 11.1 Å². The second-order valence-electron chi connectivity index (χ2n) is 7.90. The second kappa shape index (κ2) is 9.32. The Labute approximate surface area is 186 Å². The normalized spacial score (nSPS) is 18.2. The molecule has 1 aliphatic heterocycles. The number of halogens is 1. The van der Waals surface area contributed by atoms with Crippen LogP contribution in [0.25, 0.3) is 11.1 Å². The molecule has 1 aliphatic rings. The molecule has 0 aromatic heterocycles. The van der Waals surface area contributed by atoms with Gasteiger partial charge in [0, 0.05) is 25.6 Å². The van der Waals surface area contributed by atoms with Crippen molar-refractivity contribution < 1.29 is 18.7 Å². The molecule has 32 heavy (non-hydrogen) atoms. The first-order valence-electron chi connectivity index (χ1n) is 10.6. The van der Waals surface area contributed by atoms with Crippen LogP contribution >= 0.6 is 0 Å². The summed E-state index contributed by atoms with van der Waals surface area (Å²) in [5.74, 6) is -0.713. The minimum absolute atomic E-state index is 0.129. The fourth-order valence-electron chi connectivity index (χ4n) is 4.13. The molecule has 6 heteroatoms. The summed E-state index contributed by atoms with van der Waals surface area (Å²) in [5, 5.41) is 2.70. The monoisotopic (exact) mass is 432 g/mol. The highest BCUT2D eigenvalue weighted by Crippen LogP contribution is 2.28. The van der Waals surface area contributed by atoms with Gasteiger partial charge < -0.3 is 15.0 Å². The summed E-state index contributed by atoms with van der Waals surface area (Å²) in [4.78, 5) is 27.7. The van der Waals surface area contributed by atoms with Gasteiger partial charge in [0.1, 0.15) is 5.82 Å². The molecule has 1 atom stereocenters. The lowest BCUT2D eigenvalue weighted by atomic mass is 9.89. The smallest absolute Gasteiger partial charge is 0.254 e. The number of hydrogen-bond donors (Lipinski definition) is 1. The van der Waals surface area contributed by atoms with E-state index >= 15 is 0 Å². The minimum Gasteiger partial charge on any atom is -0.361 e. The van der Waals surface area contributed by atoms with Gasteiger partial charge in [-0.25, -0.2) is 4.39 Å². The van der Waals surface area contributed by atoms with Crippen molar-refractivity contribution in [1.82, 2.24) is 10.2 Å². The highest BCUT2D eigenvalue weighted by molar-refractivity contribution is 5.95. The first kappa shape index (κ1) is 21.7. The van der Waals surface area contributed by atoms with Gasteiger partial charge in [-0.05, 0) is 41.0 Å². The number of nitrogens with zero attached hydrogens (tertiary/aromatic N) is 1. The third-order valence-electron chi connectivity index (χ3n) is 5.71. The molecule has 2 amide bonds. The molecule has 0 spiro atoms. The van der Waals surface area contributed by atoms with Gasteiger partial charge in [-0.15, -0.1) is 0 Å². The van der Waals surface area contributed by atoms with Gasteiger partial charge in [0.25, 0.3) is 11.8 Å². The van der Waals surface area contributed by atoms with E-state index in [1.165, 1.54) is 12.1 Å². The van der Waals surface area contributed by atoms with Crippen molar-refractivity contribution in [1.29, 1.82) is 0 Å². The van der Waals surface area contributed by atoms with Gasteiger partial charge in [0.15, 0.2) is 5.60 Å². The average molecular weight is 432 g/mol. The van der Waals surface area contributed by atoms with Crippen LogP contribution in [0.1, 0.15) is 15.9 Å². The number of carbonyl (C=O) groups is 2. The Kier molecular flexibility index (Phi) is 6.32. The molecule has 5 nitrogen and oxygen atoms in total. The summed E-state index contributed by atoms with van der Waals surface area (Å²) in [6, 6.07) is 23.0. The number of benzene rings is 3. The number of carbonyl (C=O) groups excluding carboxylic acids is 2. The van der Waals surface area contributed by atoms with Crippen molar-refractivity contribution in [2.45, 2.75) is 12.0 Å². The molecular formula is C26H25FN2O3. The van der Waals surface area contributed by atoms with Crippen LogP contribution in [0.2, 0.25) is 0 Å². The van der Waals surface area contributed by atoms with E-state index in [9.17, 15) is 14.0 Å². The lowest BCUT2D eigenvalue weighted by Crippen LogP contribution is -2.61. The summed E-state index contributed by atoms with van der Waals surface area (Å²) < 4.78 is 19.7. The maximum Gasteiger partial charge on any atom is 0.254 e. The molecular weight excluding hydrogens is 407 g/mol. The molecule has 0 saturated carbocycles. The van der Waals surface area contributed by atoms with E-state index in [4.69, 9.17) is 4.74 Å². The quantitative estimate of drug-likeness (QED) is 0.669. The molecule has 3 aromatic carbocycles. The van der Waals surface area contributed by atoms with Crippen molar-refractivity contribution in [2.24, 2.45) is 0 Å². The summed E-state index contributed by atoms with van der Waals surface area (Å²) >= 11 is 0. The van der Waals surface area contributed by atoms with E-state index < -0.39 is 5.60 Å². The van der Waals surface area contributed by atoms with Crippen LogP contribution in [0.4, 0.5) is 4.39 Å². The van der Waals surface area contributed by atoms with Gasteiger partial charge in [0.2, 0.25) is 0 Å². The summed E-state index contributed by atoms with van der Waals surface area (Å²) in [6.07, 6.45) is 0.286. The zero-order chi connectivity index (χ0) is 22.6. The van der Waals surface area contributed by atoms with Crippen molar-refractivity contribution in [2.75, 3.05) is 26.7 Å². The van der Waals surface area contributed by atoms with Gasteiger partial charge in [-0.2, -0.15) is 0 Å². The topological polar surface area (TPSA) is 58.6 Å². The van der Waals surface area contributed by atoms with Gasteiger partial charge in [0.05, 0.1) is 13.2 Å². The molecule has 4 rings (SSSR count). The van der Waals surface area contributed by atoms with E-state index in [1.54, 1.807) is 30.1 Å². The number of rotatable bonds is 5. The lowest BCUT2D eigenvalue weighted by molar-refractivity contribution is -0.156. The summed E-state index contributed by atoms with van der Waals surface area (Å²) in [6.45, 7) is 0.815. The van der Waals surface area contributed by atoms with Gasteiger partial charge in [-0.1, -0.05) is 54.6 Å². The maximum absolute atomic E-state index is 13.7. The molecule has 164 valence electrons.